The summed E-state index contributed by atoms with van der Waals surface area (Å²) in [5.74, 6) is 0.0892. The summed E-state index contributed by atoms with van der Waals surface area (Å²) in [5.41, 5.74) is 0.695. The monoisotopic (exact) mass is 390 g/mol. The molecule has 0 radical (unpaired) electrons. The molecule has 1 amide bonds. The number of rotatable bonds is 5. The molecule has 10 heteroatoms. The molecule has 1 fully saturated rings. The number of pyridine rings is 1. The van der Waals surface area contributed by atoms with E-state index in [-0.39, 0.29) is 18.4 Å². The molecule has 0 saturated carbocycles. The Kier molecular flexibility index (Phi) is 5.28. The van der Waals surface area contributed by atoms with Gasteiger partial charge >= 0.3 is 0 Å². The molecule has 0 N–H and O–H groups in total. The van der Waals surface area contributed by atoms with Crippen molar-refractivity contribution < 1.29 is 14.4 Å². The van der Waals surface area contributed by atoms with Crippen LogP contribution in [-0.4, -0.2) is 70.8 Å². The van der Waals surface area contributed by atoms with Crippen molar-refractivity contribution >= 4 is 23.3 Å². The molecule has 4 rings (SSSR count). The second-order valence-electron chi connectivity index (χ2n) is 6.30. The lowest BCUT2D eigenvalue weighted by atomic mass is 10.3. The molecule has 0 aliphatic carbocycles. The lowest BCUT2D eigenvalue weighted by Gasteiger charge is -2.32. The van der Waals surface area contributed by atoms with Gasteiger partial charge in [-0.2, -0.15) is 5.06 Å². The highest BCUT2D eigenvalue weighted by atomic mass is 35.5. The van der Waals surface area contributed by atoms with Gasteiger partial charge in [-0.3, -0.25) is 19.5 Å². The van der Waals surface area contributed by atoms with Crippen LogP contribution in [0.25, 0.3) is 0 Å². The number of hydroxylamine groups is 2. The van der Waals surface area contributed by atoms with Crippen LogP contribution in [0.3, 0.4) is 0 Å². The second-order valence-corrected chi connectivity index (χ2v) is 6.73. The molecule has 2 aromatic heterocycles. The van der Waals surface area contributed by atoms with E-state index >= 15 is 0 Å². The summed E-state index contributed by atoms with van der Waals surface area (Å²) in [7, 11) is 2.07. The first-order chi connectivity index (χ1) is 13.1. The molecule has 4 heterocycles. The molecule has 1 saturated heterocycles. The summed E-state index contributed by atoms with van der Waals surface area (Å²) in [6.07, 6.45) is 3.73. The zero-order valence-electron chi connectivity index (χ0n) is 14.8. The first-order valence-electron chi connectivity index (χ1n) is 8.57. The topological polar surface area (TPSA) is 83.9 Å². The molecule has 9 nitrogen and oxygen atoms in total. The van der Waals surface area contributed by atoms with Crippen molar-refractivity contribution in [2.24, 2.45) is 0 Å². The molecule has 0 aromatic carbocycles. The zero-order valence-corrected chi connectivity index (χ0v) is 15.5. The summed E-state index contributed by atoms with van der Waals surface area (Å²) >= 11 is 5.91. The number of carbonyl (C=O) groups is 1. The van der Waals surface area contributed by atoms with Gasteiger partial charge in [0.25, 0.3) is 5.91 Å². The van der Waals surface area contributed by atoms with Crippen molar-refractivity contribution in [1.82, 2.24) is 24.9 Å². The van der Waals surface area contributed by atoms with Crippen LogP contribution in [0.1, 0.15) is 22.4 Å². The van der Waals surface area contributed by atoms with Gasteiger partial charge in [0.15, 0.2) is 18.7 Å². The average Bonchev–Trinajstić information content (AvgIpc) is 2.97. The van der Waals surface area contributed by atoms with Crippen LogP contribution in [0, 0.1) is 0 Å². The molecule has 27 heavy (non-hydrogen) atoms. The van der Waals surface area contributed by atoms with Crippen LogP contribution in [0.5, 0.6) is 0 Å². The van der Waals surface area contributed by atoms with E-state index in [1.165, 1.54) is 23.5 Å². The van der Waals surface area contributed by atoms with Gasteiger partial charge in [0.2, 0.25) is 0 Å². The van der Waals surface area contributed by atoms with Crippen LogP contribution in [0.2, 0.25) is 5.02 Å². The number of nitrogens with zero attached hydrogens (tertiary/aromatic N) is 6. The number of ether oxygens (including phenoxy) is 1. The fourth-order valence-electron chi connectivity index (χ4n) is 3.01. The highest BCUT2D eigenvalue weighted by Crippen LogP contribution is 2.35. The normalized spacial score (nSPS) is 20.9. The Balaban J connectivity index is 1.50. The number of piperazine rings is 1. The molecular formula is C17H19ClN6O3. The van der Waals surface area contributed by atoms with Crippen molar-refractivity contribution in [2.45, 2.75) is 6.23 Å². The van der Waals surface area contributed by atoms with Crippen molar-refractivity contribution in [1.29, 1.82) is 0 Å². The second kappa shape index (κ2) is 7.83. The molecule has 1 atom stereocenters. The maximum Gasteiger partial charge on any atom is 0.282 e. The fourth-order valence-corrected chi connectivity index (χ4v) is 3.12. The number of carbonyl (C=O) groups excluding carboxylic acids is 1. The Hall–Kier alpha value is -2.17. The molecule has 2 aliphatic rings. The summed E-state index contributed by atoms with van der Waals surface area (Å²) in [6.45, 7) is 3.43. The van der Waals surface area contributed by atoms with Crippen LogP contribution in [-0.2, 0) is 9.57 Å². The standard InChI is InChI=1S/C17H19ClN6O3/c1-22-6-8-23(9-7-22)27-11-26-17-15-14(19-4-5-20-15)16(25)24(17)13-3-2-12(18)10-21-13/h2-5,10,17H,6-9,11H2,1H3/t17-/m1/s1. The summed E-state index contributed by atoms with van der Waals surface area (Å²) < 4.78 is 5.88. The third-order valence-electron chi connectivity index (χ3n) is 4.50. The number of likely N-dealkylation sites (N-methyl/N-ethyl adjacent to an activating group) is 1. The third kappa shape index (κ3) is 3.78. The quantitative estimate of drug-likeness (QED) is 0.707. The van der Waals surface area contributed by atoms with Gasteiger partial charge in [0, 0.05) is 44.8 Å². The predicted octanol–water partition coefficient (Wildman–Crippen LogP) is 1.34. The SMILES string of the molecule is CN1CCN(OCO[C@@H]2c3nccnc3C(=O)N2c2ccc(Cl)cn2)CC1. The van der Waals surface area contributed by atoms with E-state index in [2.05, 4.69) is 26.9 Å². The van der Waals surface area contributed by atoms with Crippen molar-refractivity contribution in [3.8, 4) is 0 Å². The van der Waals surface area contributed by atoms with E-state index in [9.17, 15) is 4.79 Å². The van der Waals surface area contributed by atoms with Crippen LogP contribution < -0.4 is 4.90 Å². The van der Waals surface area contributed by atoms with Gasteiger partial charge < -0.3 is 9.64 Å². The first kappa shape index (κ1) is 18.2. The van der Waals surface area contributed by atoms with Gasteiger partial charge in [-0.05, 0) is 19.2 Å². The fraction of sp³-hybridized carbons (Fsp3) is 0.412. The molecule has 0 spiro atoms. The molecule has 142 valence electrons. The van der Waals surface area contributed by atoms with Crippen molar-refractivity contribution in [3.63, 3.8) is 0 Å². The largest absolute Gasteiger partial charge is 0.324 e. The minimum absolute atomic E-state index is 0.0121. The Morgan fingerprint density at radius 2 is 1.93 bits per heavy atom. The molecule has 0 bridgehead atoms. The minimum atomic E-state index is -0.762. The van der Waals surface area contributed by atoms with E-state index in [1.807, 2.05) is 5.06 Å². The minimum Gasteiger partial charge on any atom is -0.324 e. The van der Waals surface area contributed by atoms with E-state index in [1.54, 1.807) is 12.1 Å². The van der Waals surface area contributed by atoms with Gasteiger partial charge in [-0.25, -0.2) is 9.97 Å². The van der Waals surface area contributed by atoms with Crippen LogP contribution >= 0.6 is 11.6 Å². The number of hydrogen-bond acceptors (Lipinski definition) is 8. The summed E-state index contributed by atoms with van der Waals surface area (Å²) in [5, 5.41) is 2.34. The number of amides is 1. The van der Waals surface area contributed by atoms with E-state index < -0.39 is 6.23 Å². The third-order valence-corrected chi connectivity index (χ3v) is 4.72. The highest BCUT2D eigenvalue weighted by molar-refractivity contribution is 6.30. The van der Waals surface area contributed by atoms with Crippen LogP contribution in [0.15, 0.2) is 30.7 Å². The smallest absolute Gasteiger partial charge is 0.282 e. The maximum absolute atomic E-state index is 12.8. The number of halogens is 1. The van der Waals surface area contributed by atoms with Gasteiger partial charge in [-0.1, -0.05) is 11.6 Å². The number of anilines is 1. The van der Waals surface area contributed by atoms with Gasteiger partial charge in [0.05, 0.1) is 5.02 Å². The van der Waals surface area contributed by atoms with E-state index in [4.69, 9.17) is 21.2 Å². The predicted molar refractivity (Wildman–Crippen MR) is 96.9 cm³/mol. The van der Waals surface area contributed by atoms with E-state index in [0.717, 1.165) is 26.2 Å². The van der Waals surface area contributed by atoms with Gasteiger partial charge in [0.1, 0.15) is 11.5 Å². The molecular weight excluding hydrogens is 372 g/mol. The number of hydrogen-bond donors (Lipinski definition) is 0. The Bertz CT molecular complexity index is 813. The van der Waals surface area contributed by atoms with E-state index in [0.29, 0.717) is 16.5 Å². The Morgan fingerprint density at radius 3 is 2.67 bits per heavy atom. The highest BCUT2D eigenvalue weighted by Gasteiger charge is 2.42. The lowest BCUT2D eigenvalue weighted by Crippen LogP contribution is -2.44. The Labute approximate surface area is 161 Å². The average molecular weight is 391 g/mol. The lowest BCUT2D eigenvalue weighted by molar-refractivity contribution is -0.244. The number of fused-ring (bicyclic) bond motifs is 1. The summed E-state index contributed by atoms with van der Waals surface area (Å²) in [6, 6.07) is 3.32. The van der Waals surface area contributed by atoms with Gasteiger partial charge in [-0.15, -0.1) is 0 Å². The maximum atomic E-state index is 12.8. The van der Waals surface area contributed by atoms with Crippen molar-refractivity contribution in [3.05, 3.63) is 47.1 Å². The molecule has 2 aromatic rings. The number of aromatic nitrogens is 3. The van der Waals surface area contributed by atoms with Crippen molar-refractivity contribution in [2.75, 3.05) is 44.9 Å². The zero-order chi connectivity index (χ0) is 18.8. The van der Waals surface area contributed by atoms with Crippen LogP contribution in [0.4, 0.5) is 5.82 Å². The molecule has 0 unspecified atom stereocenters. The first-order valence-corrected chi connectivity index (χ1v) is 8.95. The summed E-state index contributed by atoms with van der Waals surface area (Å²) in [4.78, 5) is 34.8. The molecule has 2 aliphatic heterocycles. The Morgan fingerprint density at radius 1 is 1.15 bits per heavy atom.